The van der Waals surface area contributed by atoms with Crippen LogP contribution in [-0.4, -0.2) is 54.9 Å². The zero-order chi connectivity index (χ0) is 27.3. The Morgan fingerprint density at radius 3 is 2.53 bits per heavy atom. The third-order valence-electron chi connectivity index (χ3n) is 7.50. The van der Waals surface area contributed by atoms with Crippen LogP contribution in [0.5, 0.6) is 0 Å². The SMILES string of the molecule is CC1CCC(O)(C(CC(O)C(Cc2cccc(F)c2)NC(=O)c2cnc3ccccc3n2)C(=O)NO)CC1. The van der Waals surface area contributed by atoms with Crippen LogP contribution in [0, 0.1) is 17.7 Å². The second-order valence-corrected chi connectivity index (χ2v) is 10.3. The zero-order valence-corrected chi connectivity index (χ0v) is 21.2. The molecule has 1 aliphatic carbocycles. The van der Waals surface area contributed by atoms with Crippen molar-refractivity contribution in [2.45, 2.75) is 63.2 Å². The minimum Gasteiger partial charge on any atom is -0.391 e. The third kappa shape index (κ3) is 6.50. The van der Waals surface area contributed by atoms with Gasteiger partial charge in [-0.2, -0.15) is 0 Å². The van der Waals surface area contributed by atoms with E-state index in [1.165, 1.54) is 24.4 Å². The molecular formula is C28H33FN4O5. The number of aliphatic hydroxyl groups is 2. The maximum Gasteiger partial charge on any atom is 0.271 e. The molecule has 2 amide bonds. The number of para-hydroxylation sites is 2. The predicted molar refractivity (Wildman–Crippen MR) is 138 cm³/mol. The van der Waals surface area contributed by atoms with E-state index in [0.717, 1.165) is 0 Å². The molecule has 3 aromatic rings. The number of aromatic nitrogens is 2. The largest absolute Gasteiger partial charge is 0.391 e. The molecule has 1 heterocycles. The number of nitrogens with zero attached hydrogens (tertiary/aromatic N) is 2. The number of aliphatic hydroxyl groups excluding tert-OH is 1. The highest BCUT2D eigenvalue weighted by molar-refractivity contribution is 5.94. The second-order valence-electron chi connectivity index (χ2n) is 10.3. The standard InChI is InChI=1S/C28H33FN4O5/c1-17-9-11-28(37,12-10-17)20(26(35)33-38)15-25(34)23(14-18-5-4-6-19(29)13-18)32-27(36)24-16-30-21-7-2-3-8-22(21)31-24/h2-8,13,16-17,20,23,25,34,37-38H,9-12,14-15H2,1H3,(H,32,36)(H,33,35). The lowest BCUT2D eigenvalue weighted by Gasteiger charge is -2.41. The molecule has 3 atom stereocenters. The maximum absolute atomic E-state index is 13.9. The Bertz CT molecular complexity index is 1280. The molecule has 0 bridgehead atoms. The molecule has 3 unspecified atom stereocenters. The van der Waals surface area contributed by atoms with E-state index >= 15 is 0 Å². The van der Waals surface area contributed by atoms with Crippen LogP contribution in [0.3, 0.4) is 0 Å². The highest BCUT2D eigenvalue weighted by Crippen LogP contribution is 2.39. The normalized spacial score (nSPS) is 21.9. The van der Waals surface area contributed by atoms with Gasteiger partial charge in [0.25, 0.3) is 5.91 Å². The fraction of sp³-hybridized carbons (Fsp3) is 0.429. The summed E-state index contributed by atoms with van der Waals surface area (Å²) >= 11 is 0. The molecule has 10 heteroatoms. The van der Waals surface area contributed by atoms with Gasteiger partial charge in [-0.05, 0) is 74.3 Å². The van der Waals surface area contributed by atoms with E-state index in [-0.39, 0.29) is 18.5 Å². The van der Waals surface area contributed by atoms with Crippen LogP contribution >= 0.6 is 0 Å². The molecule has 0 spiro atoms. The monoisotopic (exact) mass is 524 g/mol. The number of hydrogen-bond acceptors (Lipinski definition) is 7. The molecule has 1 saturated carbocycles. The fourth-order valence-corrected chi connectivity index (χ4v) is 5.17. The van der Waals surface area contributed by atoms with Gasteiger partial charge in [0.2, 0.25) is 5.91 Å². The first kappa shape index (κ1) is 27.6. The summed E-state index contributed by atoms with van der Waals surface area (Å²) in [6.07, 6.45) is 1.91. The average molecular weight is 525 g/mol. The summed E-state index contributed by atoms with van der Waals surface area (Å²) < 4.78 is 13.9. The summed E-state index contributed by atoms with van der Waals surface area (Å²) in [6, 6.07) is 11.9. The molecule has 0 aliphatic heterocycles. The Morgan fingerprint density at radius 1 is 1.13 bits per heavy atom. The van der Waals surface area contributed by atoms with Crippen molar-refractivity contribution in [3.8, 4) is 0 Å². The van der Waals surface area contributed by atoms with Gasteiger partial charge in [-0.15, -0.1) is 0 Å². The fourth-order valence-electron chi connectivity index (χ4n) is 5.17. The Hall–Kier alpha value is -3.47. The summed E-state index contributed by atoms with van der Waals surface area (Å²) in [7, 11) is 0. The van der Waals surface area contributed by atoms with Crippen LogP contribution in [0.1, 0.15) is 55.1 Å². The smallest absolute Gasteiger partial charge is 0.271 e. The van der Waals surface area contributed by atoms with E-state index in [0.29, 0.717) is 48.2 Å². The Labute approximate surface area is 220 Å². The van der Waals surface area contributed by atoms with Crippen molar-refractivity contribution in [3.63, 3.8) is 0 Å². The molecule has 202 valence electrons. The lowest BCUT2D eigenvalue weighted by molar-refractivity contribution is -0.150. The van der Waals surface area contributed by atoms with E-state index in [1.807, 2.05) is 6.07 Å². The van der Waals surface area contributed by atoms with Crippen molar-refractivity contribution >= 4 is 22.8 Å². The summed E-state index contributed by atoms with van der Waals surface area (Å²) in [4.78, 5) is 34.4. The first-order valence-electron chi connectivity index (χ1n) is 12.8. The van der Waals surface area contributed by atoms with Crippen molar-refractivity contribution in [1.29, 1.82) is 0 Å². The van der Waals surface area contributed by atoms with Crippen molar-refractivity contribution in [1.82, 2.24) is 20.8 Å². The average Bonchev–Trinajstić information content (AvgIpc) is 2.92. The van der Waals surface area contributed by atoms with Crippen LogP contribution in [0.2, 0.25) is 0 Å². The summed E-state index contributed by atoms with van der Waals surface area (Å²) in [5.74, 6) is -2.61. The first-order valence-corrected chi connectivity index (χ1v) is 12.8. The van der Waals surface area contributed by atoms with E-state index in [9.17, 15) is 29.4 Å². The zero-order valence-electron chi connectivity index (χ0n) is 21.2. The van der Waals surface area contributed by atoms with E-state index in [4.69, 9.17) is 0 Å². The number of fused-ring (bicyclic) bond motifs is 1. The Morgan fingerprint density at radius 2 is 1.84 bits per heavy atom. The number of hydroxylamine groups is 1. The van der Waals surface area contributed by atoms with Crippen LogP contribution < -0.4 is 10.8 Å². The summed E-state index contributed by atoms with van der Waals surface area (Å²) in [5, 5.41) is 34.8. The quantitative estimate of drug-likeness (QED) is 0.214. The molecule has 38 heavy (non-hydrogen) atoms. The molecule has 0 radical (unpaired) electrons. The molecule has 5 N–H and O–H groups in total. The number of rotatable bonds is 9. The lowest BCUT2D eigenvalue weighted by Crippen LogP contribution is -2.52. The predicted octanol–water partition coefficient (Wildman–Crippen LogP) is 2.92. The van der Waals surface area contributed by atoms with E-state index < -0.39 is 41.3 Å². The van der Waals surface area contributed by atoms with Crippen LogP contribution in [0.25, 0.3) is 11.0 Å². The van der Waals surface area contributed by atoms with Gasteiger partial charge in [-0.3, -0.25) is 19.8 Å². The van der Waals surface area contributed by atoms with Gasteiger partial charge in [-0.25, -0.2) is 14.9 Å². The minimum absolute atomic E-state index is 0.0321. The van der Waals surface area contributed by atoms with Gasteiger partial charge in [-0.1, -0.05) is 31.2 Å². The number of carbonyl (C=O) groups is 2. The van der Waals surface area contributed by atoms with Gasteiger partial charge in [0.1, 0.15) is 11.5 Å². The second kappa shape index (κ2) is 11.9. The number of carbonyl (C=O) groups excluding carboxylic acids is 2. The Balaban J connectivity index is 1.59. The number of benzene rings is 2. The van der Waals surface area contributed by atoms with Gasteiger partial charge in [0, 0.05) is 0 Å². The molecule has 4 rings (SSSR count). The number of nitrogens with one attached hydrogen (secondary N) is 2. The molecule has 0 saturated heterocycles. The molecule has 1 aliphatic rings. The van der Waals surface area contributed by atoms with Crippen molar-refractivity contribution in [2.75, 3.05) is 0 Å². The number of amides is 2. The molecule has 9 nitrogen and oxygen atoms in total. The van der Waals surface area contributed by atoms with Crippen LogP contribution in [-0.2, 0) is 11.2 Å². The van der Waals surface area contributed by atoms with Gasteiger partial charge in [0.15, 0.2) is 0 Å². The molecule has 2 aromatic carbocycles. The number of halogens is 1. The Kier molecular flexibility index (Phi) is 8.65. The van der Waals surface area contributed by atoms with E-state index in [2.05, 4.69) is 22.2 Å². The van der Waals surface area contributed by atoms with E-state index in [1.54, 1.807) is 29.7 Å². The van der Waals surface area contributed by atoms with Gasteiger partial charge in [0.05, 0.1) is 40.9 Å². The first-order chi connectivity index (χ1) is 18.2. The summed E-state index contributed by atoms with van der Waals surface area (Å²) in [6.45, 7) is 2.07. The van der Waals surface area contributed by atoms with Crippen LogP contribution in [0.4, 0.5) is 4.39 Å². The highest BCUT2D eigenvalue weighted by atomic mass is 19.1. The van der Waals surface area contributed by atoms with Crippen LogP contribution in [0.15, 0.2) is 54.7 Å². The summed E-state index contributed by atoms with van der Waals surface area (Å²) in [5.41, 5.74) is 1.89. The molecular weight excluding hydrogens is 491 g/mol. The van der Waals surface area contributed by atoms with Crippen molar-refractivity contribution < 1.29 is 29.4 Å². The topological polar surface area (TPSA) is 145 Å². The van der Waals surface area contributed by atoms with Gasteiger partial charge < -0.3 is 15.5 Å². The highest BCUT2D eigenvalue weighted by Gasteiger charge is 2.45. The molecule has 1 aromatic heterocycles. The van der Waals surface area contributed by atoms with Crippen molar-refractivity contribution in [3.05, 3.63) is 71.8 Å². The lowest BCUT2D eigenvalue weighted by atomic mass is 9.70. The molecule has 1 fully saturated rings. The third-order valence-corrected chi connectivity index (χ3v) is 7.50. The maximum atomic E-state index is 13.9. The minimum atomic E-state index is -1.42. The van der Waals surface area contributed by atoms with Gasteiger partial charge >= 0.3 is 0 Å². The number of hydrogen-bond donors (Lipinski definition) is 5. The van der Waals surface area contributed by atoms with Crippen molar-refractivity contribution in [2.24, 2.45) is 11.8 Å².